The Balaban J connectivity index is 2.77. The summed E-state index contributed by atoms with van der Waals surface area (Å²) >= 11 is 3.22. The summed E-state index contributed by atoms with van der Waals surface area (Å²) in [7, 11) is 0. The highest BCUT2D eigenvalue weighted by atomic mass is 32.2. The van der Waals surface area contributed by atoms with Crippen LogP contribution in [0, 0.1) is 0 Å². The normalized spacial score (nSPS) is 10.6. The largest absolute Gasteiger partial charge is 0.508 e. The highest BCUT2D eigenvalue weighted by molar-refractivity contribution is 8.00. The second-order valence-corrected chi connectivity index (χ2v) is 5.00. The quantitative estimate of drug-likeness (QED) is 0.629. The van der Waals surface area contributed by atoms with Crippen molar-refractivity contribution < 1.29 is 9.90 Å². The molecular weight excluding hydrogens is 216 g/mol. The third-order valence-electron chi connectivity index (χ3n) is 1.94. The molecule has 1 aromatic heterocycles. The summed E-state index contributed by atoms with van der Waals surface area (Å²) in [5.74, 6) is 0.144. The van der Waals surface area contributed by atoms with Gasteiger partial charge in [0.1, 0.15) is 5.75 Å². The first kappa shape index (κ1) is 9.55. The van der Waals surface area contributed by atoms with Crippen LogP contribution in [0.4, 0.5) is 0 Å². The number of carbonyl (C=O) groups is 1. The maximum Gasteiger partial charge on any atom is 0.151 e. The van der Waals surface area contributed by atoms with Gasteiger partial charge >= 0.3 is 0 Å². The molecule has 0 atom stereocenters. The van der Waals surface area contributed by atoms with E-state index >= 15 is 0 Å². The monoisotopic (exact) mass is 224 g/mol. The second-order valence-electron chi connectivity index (χ2n) is 2.84. The molecule has 0 saturated carbocycles. The Morgan fingerprint density at radius 2 is 2.21 bits per heavy atom. The molecule has 1 N–H and O–H groups in total. The molecule has 0 aliphatic heterocycles. The summed E-state index contributed by atoms with van der Waals surface area (Å²) in [6, 6.07) is 5.16. The van der Waals surface area contributed by atoms with Crippen LogP contribution in [0.15, 0.2) is 22.4 Å². The van der Waals surface area contributed by atoms with Gasteiger partial charge in [-0.25, -0.2) is 0 Å². The number of hydrogen-bond acceptors (Lipinski definition) is 4. The minimum Gasteiger partial charge on any atom is -0.508 e. The number of rotatable bonds is 2. The van der Waals surface area contributed by atoms with Crippen LogP contribution in [-0.2, 0) is 0 Å². The van der Waals surface area contributed by atoms with Crippen molar-refractivity contribution in [3.63, 3.8) is 0 Å². The van der Waals surface area contributed by atoms with Gasteiger partial charge < -0.3 is 5.11 Å². The fourth-order valence-electron chi connectivity index (χ4n) is 1.33. The van der Waals surface area contributed by atoms with Crippen molar-refractivity contribution in [3.05, 3.63) is 23.8 Å². The highest BCUT2D eigenvalue weighted by Gasteiger charge is 2.07. The Bertz CT molecular complexity index is 488. The van der Waals surface area contributed by atoms with Crippen molar-refractivity contribution >= 4 is 39.5 Å². The van der Waals surface area contributed by atoms with Crippen molar-refractivity contribution in [1.29, 1.82) is 0 Å². The first-order valence-electron chi connectivity index (χ1n) is 4.00. The summed E-state index contributed by atoms with van der Waals surface area (Å²) in [5, 5.41) is 10.3. The molecule has 1 aromatic carbocycles. The molecule has 0 aliphatic rings. The Labute approximate surface area is 89.6 Å². The first-order valence-corrected chi connectivity index (χ1v) is 6.04. The molecule has 14 heavy (non-hydrogen) atoms. The number of thioether (sulfide) groups is 1. The fourth-order valence-corrected chi connectivity index (χ4v) is 3.00. The second kappa shape index (κ2) is 3.63. The van der Waals surface area contributed by atoms with Gasteiger partial charge in [-0.3, -0.25) is 4.79 Å². The van der Waals surface area contributed by atoms with Crippen LogP contribution in [0.1, 0.15) is 10.4 Å². The third kappa shape index (κ3) is 1.51. The minimum absolute atomic E-state index is 0.144. The van der Waals surface area contributed by atoms with Gasteiger partial charge in [-0.2, -0.15) is 0 Å². The Kier molecular flexibility index (Phi) is 2.48. The van der Waals surface area contributed by atoms with Gasteiger partial charge in [-0.05, 0) is 29.8 Å². The van der Waals surface area contributed by atoms with Crippen molar-refractivity contribution in [2.75, 3.05) is 6.26 Å². The summed E-state index contributed by atoms with van der Waals surface area (Å²) < 4.78 is 2.09. The maximum absolute atomic E-state index is 10.8. The molecule has 2 rings (SSSR count). The van der Waals surface area contributed by atoms with Gasteiger partial charge in [0.2, 0.25) is 0 Å². The van der Waals surface area contributed by atoms with Crippen LogP contribution >= 0.6 is 23.1 Å². The predicted octanol–water partition coefficient (Wildman–Crippen LogP) is 3.14. The summed E-state index contributed by atoms with van der Waals surface area (Å²) in [5.41, 5.74) is 0.560. The topological polar surface area (TPSA) is 37.3 Å². The van der Waals surface area contributed by atoms with E-state index < -0.39 is 0 Å². The average molecular weight is 224 g/mol. The van der Waals surface area contributed by atoms with E-state index in [2.05, 4.69) is 0 Å². The van der Waals surface area contributed by atoms with Crippen molar-refractivity contribution in [1.82, 2.24) is 0 Å². The smallest absolute Gasteiger partial charge is 0.151 e. The predicted molar refractivity (Wildman–Crippen MR) is 60.7 cm³/mol. The summed E-state index contributed by atoms with van der Waals surface area (Å²) in [6.07, 6.45) is 2.77. The molecule has 1 heterocycles. The third-order valence-corrected chi connectivity index (χ3v) is 4.20. The molecule has 0 amide bonds. The van der Waals surface area contributed by atoms with E-state index in [9.17, 15) is 9.90 Å². The highest BCUT2D eigenvalue weighted by Crippen LogP contribution is 2.35. The van der Waals surface area contributed by atoms with Crippen molar-refractivity contribution in [3.8, 4) is 5.75 Å². The number of phenolic OH excluding ortho intramolecular Hbond substituents is 1. The average Bonchev–Trinajstić information content (AvgIpc) is 2.59. The molecule has 0 radical (unpaired) electrons. The lowest BCUT2D eigenvalue weighted by Crippen LogP contribution is -1.78. The molecule has 4 heteroatoms. The molecule has 2 nitrogen and oxygen atoms in total. The molecule has 2 aromatic rings. The SMILES string of the molecule is CSc1cc2cc(O)cc(C=O)c2s1. The van der Waals surface area contributed by atoms with Gasteiger partial charge in [0.15, 0.2) is 6.29 Å². The zero-order valence-corrected chi connectivity index (χ0v) is 9.11. The molecule has 0 saturated heterocycles. The van der Waals surface area contributed by atoms with E-state index in [0.29, 0.717) is 5.56 Å². The number of hydrogen-bond donors (Lipinski definition) is 1. The Morgan fingerprint density at radius 1 is 1.43 bits per heavy atom. The van der Waals surface area contributed by atoms with Crippen LogP contribution in [0.3, 0.4) is 0 Å². The zero-order chi connectivity index (χ0) is 10.1. The van der Waals surface area contributed by atoms with E-state index in [0.717, 1.165) is 20.6 Å². The molecule has 0 unspecified atom stereocenters. The fraction of sp³-hybridized carbons (Fsp3) is 0.100. The van der Waals surface area contributed by atoms with Crippen LogP contribution in [0.25, 0.3) is 10.1 Å². The number of phenols is 1. The van der Waals surface area contributed by atoms with Gasteiger partial charge in [0.25, 0.3) is 0 Å². The van der Waals surface area contributed by atoms with Crippen LogP contribution < -0.4 is 0 Å². The van der Waals surface area contributed by atoms with Gasteiger partial charge in [-0.15, -0.1) is 23.1 Å². The molecule has 0 bridgehead atoms. The lowest BCUT2D eigenvalue weighted by atomic mass is 10.2. The van der Waals surface area contributed by atoms with Gasteiger partial charge in [0.05, 0.1) is 4.21 Å². The first-order chi connectivity index (χ1) is 6.74. The van der Waals surface area contributed by atoms with Crippen molar-refractivity contribution in [2.45, 2.75) is 4.21 Å². The summed E-state index contributed by atoms with van der Waals surface area (Å²) in [4.78, 5) is 10.8. The number of thiophene rings is 1. The molecule has 72 valence electrons. The number of fused-ring (bicyclic) bond motifs is 1. The zero-order valence-electron chi connectivity index (χ0n) is 7.48. The Hall–Kier alpha value is -1.00. The van der Waals surface area contributed by atoms with E-state index in [1.54, 1.807) is 29.2 Å². The lowest BCUT2D eigenvalue weighted by Gasteiger charge is -1.95. The van der Waals surface area contributed by atoms with Crippen LogP contribution in [0.5, 0.6) is 5.75 Å². The molecule has 0 fully saturated rings. The van der Waals surface area contributed by atoms with E-state index in [1.165, 1.54) is 6.07 Å². The van der Waals surface area contributed by atoms with Gasteiger partial charge in [0, 0.05) is 10.3 Å². The number of benzene rings is 1. The lowest BCUT2D eigenvalue weighted by molar-refractivity contribution is 0.112. The minimum atomic E-state index is 0.144. The van der Waals surface area contributed by atoms with E-state index in [1.807, 2.05) is 12.3 Å². The number of aromatic hydroxyl groups is 1. The summed E-state index contributed by atoms with van der Waals surface area (Å²) in [6.45, 7) is 0. The molecular formula is C10H8O2S2. The van der Waals surface area contributed by atoms with E-state index in [-0.39, 0.29) is 5.75 Å². The number of aldehydes is 1. The molecule has 0 spiro atoms. The molecule has 0 aliphatic carbocycles. The Morgan fingerprint density at radius 3 is 2.86 bits per heavy atom. The van der Waals surface area contributed by atoms with Crippen molar-refractivity contribution in [2.24, 2.45) is 0 Å². The standard InChI is InChI=1S/C10H8O2S2/c1-13-9-4-6-2-8(12)3-7(5-11)10(6)14-9/h2-5,12H,1H3. The van der Waals surface area contributed by atoms with Crippen LogP contribution in [-0.4, -0.2) is 17.6 Å². The maximum atomic E-state index is 10.8. The van der Waals surface area contributed by atoms with Gasteiger partial charge in [-0.1, -0.05) is 0 Å². The van der Waals surface area contributed by atoms with E-state index in [4.69, 9.17) is 0 Å². The number of carbonyl (C=O) groups excluding carboxylic acids is 1. The van der Waals surface area contributed by atoms with Crippen LogP contribution in [0.2, 0.25) is 0 Å².